The maximum Gasteiger partial charge on any atom is 0.193 e. The standard InChI is InChI=1S/C15H13ClO2/c1-10-6-7-12(9-14(10)18-2)15(17)11-4-3-5-13(16)8-11/h3-9H,1-2H3. The van der Waals surface area contributed by atoms with Crippen LogP contribution < -0.4 is 4.74 Å². The minimum absolute atomic E-state index is 0.0594. The molecule has 0 atom stereocenters. The van der Waals surface area contributed by atoms with Gasteiger partial charge in [-0.2, -0.15) is 0 Å². The van der Waals surface area contributed by atoms with Crippen molar-refractivity contribution < 1.29 is 9.53 Å². The molecule has 0 N–H and O–H groups in total. The summed E-state index contributed by atoms with van der Waals surface area (Å²) in [6.45, 7) is 1.94. The van der Waals surface area contributed by atoms with Crippen LogP contribution in [0.3, 0.4) is 0 Å². The van der Waals surface area contributed by atoms with Crippen molar-refractivity contribution in [1.29, 1.82) is 0 Å². The fourth-order valence-electron chi connectivity index (χ4n) is 1.76. The van der Waals surface area contributed by atoms with Gasteiger partial charge in [-0.25, -0.2) is 0 Å². The van der Waals surface area contributed by atoms with E-state index in [-0.39, 0.29) is 5.78 Å². The van der Waals surface area contributed by atoms with E-state index in [0.717, 1.165) is 5.56 Å². The summed E-state index contributed by atoms with van der Waals surface area (Å²) in [5.74, 6) is 0.652. The zero-order valence-electron chi connectivity index (χ0n) is 10.2. The molecule has 2 nitrogen and oxygen atoms in total. The van der Waals surface area contributed by atoms with Gasteiger partial charge in [0.25, 0.3) is 0 Å². The molecular formula is C15H13ClO2. The first-order chi connectivity index (χ1) is 8.61. The number of rotatable bonds is 3. The van der Waals surface area contributed by atoms with Gasteiger partial charge in [0.15, 0.2) is 5.78 Å². The van der Waals surface area contributed by atoms with Gasteiger partial charge in [0.1, 0.15) is 5.75 Å². The summed E-state index contributed by atoms with van der Waals surface area (Å²) in [6.07, 6.45) is 0. The molecule has 0 aliphatic heterocycles. The maximum absolute atomic E-state index is 12.3. The smallest absolute Gasteiger partial charge is 0.193 e. The van der Waals surface area contributed by atoms with Crippen LogP contribution >= 0.6 is 11.6 Å². The Balaban J connectivity index is 2.40. The van der Waals surface area contributed by atoms with Gasteiger partial charge in [-0.3, -0.25) is 4.79 Å². The monoisotopic (exact) mass is 260 g/mol. The molecule has 92 valence electrons. The molecule has 0 unspecified atom stereocenters. The van der Waals surface area contributed by atoms with Crippen LogP contribution in [0.4, 0.5) is 0 Å². The fraction of sp³-hybridized carbons (Fsp3) is 0.133. The molecule has 0 bridgehead atoms. The lowest BCUT2D eigenvalue weighted by Gasteiger charge is -2.07. The molecule has 0 spiro atoms. The second-order valence-corrected chi connectivity index (χ2v) is 4.46. The zero-order chi connectivity index (χ0) is 13.1. The molecule has 2 rings (SSSR count). The van der Waals surface area contributed by atoms with Gasteiger partial charge in [-0.05, 0) is 30.7 Å². The van der Waals surface area contributed by atoms with E-state index in [0.29, 0.717) is 21.9 Å². The van der Waals surface area contributed by atoms with Crippen LogP contribution in [-0.2, 0) is 0 Å². The van der Waals surface area contributed by atoms with E-state index in [1.54, 1.807) is 43.5 Å². The van der Waals surface area contributed by atoms with Crippen LogP contribution in [0.25, 0.3) is 0 Å². The molecule has 18 heavy (non-hydrogen) atoms. The molecule has 2 aromatic carbocycles. The number of halogens is 1. The number of benzene rings is 2. The number of carbonyl (C=O) groups excluding carboxylic acids is 1. The highest BCUT2D eigenvalue weighted by molar-refractivity contribution is 6.31. The van der Waals surface area contributed by atoms with Crippen LogP contribution in [-0.4, -0.2) is 12.9 Å². The molecule has 0 saturated heterocycles. The first-order valence-corrected chi connectivity index (χ1v) is 5.94. The van der Waals surface area contributed by atoms with Crippen molar-refractivity contribution in [3.8, 4) is 5.75 Å². The summed E-state index contributed by atoms with van der Waals surface area (Å²) in [7, 11) is 1.59. The van der Waals surface area contributed by atoms with Gasteiger partial charge >= 0.3 is 0 Å². The molecule has 0 saturated carbocycles. The molecule has 0 aliphatic rings. The molecule has 0 fully saturated rings. The van der Waals surface area contributed by atoms with Crippen molar-refractivity contribution >= 4 is 17.4 Å². The minimum Gasteiger partial charge on any atom is -0.496 e. The largest absolute Gasteiger partial charge is 0.496 e. The Hall–Kier alpha value is -1.80. The Kier molecular flexibility index (Phi) is 3.68. The molecular weight excluding hydrogens is 248 g/mol. The number of ketones is 1. The highest BCUT2D eigenvalue weighted by atomic mass is 35.5. The lowest BCUT2D eigenvalue weighted by molar-refractivity contribution is 0.103. The van der Waals surface area contributed by atoms with Gasteiger partial charge in [0.2, 0.25) is 0 Å². The molecule has 3 heteroatoms. The van der Waals surface area contributed by atoms with Crippen molar-refractivity contribution in [3.63, 3.8) is 0 Å². The van der Waals surface area contributed by atoms with E-state index in [2.05, 4.69) is 0 Å². The first-order valence-electron chi connectivity index (χ1n) is 5.56. The lowest BCUT2D eigenvalue weighted by atomic mass is 10.0. The first kappa shape index (κ1) is 12.7. The highest BCUT2D eigenvalue weighted by Gasteiger charge is 2.11. The molecule has 0 amide bonds. The molecule has 0 aromatic heterocycles. The Labute approximate surface area is 111 Å². The maximum atomic E-state index is 12.3. The second kappa shape index (κ2) is 5.23. The summed E-state index contributed by atoms with van der Waals surface area (Å²) in [6, 6.07) is 12.3. The van der Waals surface area contributed by atoms with Crippen LogP contribution in [0.2, 0.25) is 5.02 Å². The molecule has 0 aliphatic carbocycles. The Morgan fingerprint density at radius 1 is 1.11 bits per heavy atom. The van der Waals surface area contributed by atoms with E-state index in [1.165, 1.54) is 0 Å². The fourth-order valence-corrected chi connectivity index (χ4v) is 1.95. The van der Waals surface area contributed by atoms with Gasteiger partial charge in [0.05, 0.1) is 7.11 Å². The van der Waals surface area contributed by atoms with Crippen LogP contribution in [0, 0.1) is 6.92 Å². The number of methoxy groups -OCH3 is 1. The third-order valence-corrected chi connectivity index (χ3v) is 2.99. The van der Waals surface area contributed by atoms with Crippen LogP contribution in [0.15, 0.2) is 42.5 Å². The number of ether oxygens (including phenoxy) is 1. The van der Waals surface area contributed by atoms with Crippen LogP contribution in [0.1, 0.15) is 21.5 Å². The van der Waals surface area contributed by atoms with E-state index in [4.69, 9.17) is 16.3 Å². The lowest BCUT2D eigenvalue weighted by Crippen LogP contribution is -2.02. The molecule has 2 aromatic rings. The summed E-state index contributed by atoms with van der Waals surface area (Å²) in [4.78, 5) is 12.3. The van der Waals surface area contributed by atoms with Gasteiger partial charge in [-0.1, -0.05) is 35.9 Å². The van der Waals surface area contributed by atoms with E-state index in [1.807, 2.05) is 13.0 Å². The van der Waals surface area contributed by atoms with E-state index in [9.17, 15) is 4.79 Å². The normalized spacial score (nSPS) is 10.2. The van der Waals surface area contributed by atoms with Crippen LogP contribution in [0.5, 0.6) is 5.75 Å². The summed E-state index contributed by atoms with van der Waals surface area (Å²) >= 11 is 5.88. The highest BCUT2D eigenvalue weighted by Crippen LogP contribution is 2.22. The van der Waals surface area contributed by atoms with E-state index < -0.39 is 0 Å². The topological polar surface area (TPSA) is 26.3 Å². The average Bonchev–Trinajstić information content (AvgIpc) is 2.38. The number of hydrogen-bond acceptors (Lipinski definition) is 2. The molecule has 0 heterocycles. The summed E-state index contributed by atoms with van der Waals surface area (Å²) in [5, 5.41) is 0.555. The summed E-state index contributed by atoms with van der Waals surface area (Å²) < 4.78 is 5.22. The van der Waals surface area contributed by atoms with Crippen molar-refractivity contribution in [3.05, 3.63) is 64.2 Å². The number of carbonyl (C=O) groups is 1. The van der Waals surface area contributed by atoms with Gasteiger partial charge in [0, 0.05) is 16.1 Å². The summed E-state index contributed by atoms with van der Waals surface area (Å²) in [5.41, 5.74) is 2.17. The number of aryl methyl sites for hydroxylation is 1. The average molecular weight is 261 g/mol. The Morgan fingerprint density at radius 3 is 2.50 bits per heavy atom. The van der Waals surface area contributed by atoms with Crippen molar-refractivity contribution in [2.24, 2.45) is 0 Å². The van der Waals surface area contributed by atoms with Crippen molar-refractivity contribution in [2.75, 3.05) is 7.11 Å². The SMILES string of the molecule is COc1cc(C(=O)c2cccc(Cl)c2)ccc1C. The zero-order valence-corrected chi connectivity index (χ0v) is 11.0. The number of hydrogen-bond donors (Lipinski definition) is 0. The second-order valence-electron chi connectivity index (χ2n) is 4.02. The third-order valence-electron chi connectivity index (χ3n) is 2.76. The van der Waals surface area contributed by atoms with Crippen molar-refractivity contribution in [1.82, 2.24) is 0 Å². The quantitative estimate of drug-likeness (QED) is 0.783. The van der Waals surface area contributed by atoms with Gasteiger partial charge in [-0.15, -0.1) is 0 Å². The third kappa shape index (κ3) is 2.54. The van der Waals surface area contributed by atoms with Gasteiger partial charge < -0.3 is 4.74 Å². The predicted octanol–water partition coefficient (Wildman–Crippen LogP) is 3.89. The van der Waals surface area contributed by atoms with E-state index >= 15 is 0 Å². The predicted molar refractivity (Wildman–Crippen MR) is 72.6 cm³/mol. The molecule has 0 radical (unpaired) electrons. The Bertz CT molecular complexity index is 591. The Morgan fingerprint density at radius 2 is 1.83 bits per heavy atom. The minimum atomic E-state index is -0.0594. The van der Waals surface area contributed by atoms with Crippen molar-refractivity contribution in [2.45, 2.75) is 6.92 Å².